The van der Waals surface area contributed by atoms with Crippen LogP contribution < -0.4 is 10.6 Å². The molecule has 1 unspecified atom stereocenters. The summed E-state index contributed by atoms with van der Waals surface area (Å²) in [5.74, 6) is 1.12. The number of hydrogen-bond acceptors (Lipinski definition) is 3. The van der Waals surface area contributed by atoms with Gasteiger partial charge >= 0.3 is 6.09 Å². The van der Waals surface area contributed by atoms with E-state index in [2.05, 4.69) is 10.6 Å². The fourth-order valence-electron chi connectivity index (χ4n) is 3.33. The lowest BCUT2D eigenvalue weighted by molar-refractivity contribution is 0.0422. The first kappa shape index (κ1) is 14.6. The standard InChI is InChI=1S/C15H28N2O2/c1-15(2,3)19-14(18)17-13-11-7-5-4-6-8-12(13)10-16-9-11/h11-13,16H,4-10H2,1-3H3,(H,17,18)/t11-,12+,13?. The predicted molar refractivity (Wildman–Crippen MR) is 76.1 cm³/mol. The van der Waals surface area contributed by atoms with Crippen LogP contribution in [-0.4, -0.2) is 30.8 Å². The minimum Gasteiger partial charge on any atom is -0.444 e. The number of fused-ring (bicyclic) bond motifs is 2. The van der Waals surface area contributed by atoms with Gasteiger partial charge in [-0.15, -0.1) is 0 Å². The Balaban J connectivity index is 1.97. The molecule has 4 nitrogen and oxygen atoms in total. The molecule has 0 aromatic rings. The number of alkyl carbamates (subject to hydrolysis) is 1. The van der Waals surface area contributed by atoms with Crippen LogP contribution in [0.25, 0.3) is 0 Å². The lowest BCUT2D eigenvalue weighted by Gasteiger charge is -2.41. The van der Waals surface area contributed by atoms with Gasteiger partial charge < -0.3 is 15.4 Å². The van der Waals surface area contributed by atoms with Crippen molar-refractivity contribution in [1.29, 1.82) is 0 Å². The molecule has 2 aliphatic rings. The van der Waals surface area contributed by atoms with Gasteiger partial charge in [-0.25, -0.2) is 4.79 Å². The molecule has 2 bridgehead atoms. The van der Waals surface area contributed by atoms with E-state index in [0.717, 1.165) is 13.1 Å². The molecule has 1 aliphatic carbocycles. The van der Waals surface area contributed by atoms with E-state index in [-0.39, 0.29) is 12.1 Å². The normalized spacial score (nSPS) is 32.1. The summed E-state index contributed by atoms with van der Waals surface area (Å²) in [6, 6.07) is 0.288. The predicted octanol–water partition coefficient (Wildman–Crippen LogP) is 2.68. The zero-order valence-corrected chi connectivity index (χ0v) is 12.5. The monoisotopic (exact) mass is 268 g/mol. The van der Waals surface area contributed by atoms with Gasteiger partial charge in [0.25, 0.3) is 0 Å². The van der Waals surface area contributed by atoms with Crippen molar-refractivity contribution in [3.8, 4) is 0 Å². The highest BCUT2D eigenvalue weighted by Gasteiger charge is 2.35. The van der Waals surface area contributed by atoms with E-state index >= 15 is 0 Å². The lowest BCUT2D eigenvalue weighted by atomic mass is 9.77. The van der Waals surface area contributed by atoms with Crippen LogP contribution in [0.3, 0.4) is 0 Å². The number of nitrogens with one attached hydrogen (secondary N) is 2. The Labute approximate surface area is 116 Å². The van der Waals surface area contributed by atoms with Crippen molar-refractivity contribution in [3.05, 3.63) is 0 Å². The highest BCUT2D eigenvalue weighted by atomic mass is 16.6. The van der Waals surface area contributed by atoms with Crippen molar-refractivity contribution in [3.63, 3.8) is 0 Å². The molecular weight excluding hydrogens is 240 g/mol. The van der Waals surface area contributed by atoms with E-state index in [1.54, 1.807) is 0 Å². The summed E-state index contributed by atoms with van der Waals surface area (Å²) in [7, 11) is 0. The third kappa shape index (κ3) is 4.37. The molecule has 2 N–H and O–H groups in total. The SMILES string of the molecule is CC(C)(C)OC(=O)NC1[C@@H]2CCCCC[C@H]1CNC2. The number of carbonyl (C=O) groups excluding carboxylic acids is 1. The molecule has 2 fully saturated rings. The van der Waals surface area contributed by atoms with Gasteiger partial charge in [0.2, 0.25) is 0 Å². The summed E-state index contributed by atoms with van der Waals surface area (Å²) in [5.41, 5.74) is -0.418. The van der Waals surface area contributed by atoms with E-state index in [4.69, 9.17) is 4.74 Å². The number of hydrogen-bond donors (Lipinski definition) is 2. The topological polar surface area (TPSA) is 50.4 Å². The van der Waals surface area contributed by atoms with Crippen LogP contribution in [-0.2, 0) is 4.74 Å². The number of rotatable bonds is 1. The molecule has 0 spiro atoms. The second-order valence-corrected chi connectivity index (χ2v) is 6.99. The first-order chi connectivity index (χ1) is 8.96. The molecule has 0 radical (unpaired) electrons. The molecular formula is C15H28N2O2. The van der Waals surface area contributed by atoms with Crippen LogP contribution in [0.1, 0.15) is 52.9 Å². The molecule has 110 valence electrons. The van der Waals surface area contributed by atoms with Crippen LogP contribution in [0.5, 0.6) is 0 Å². The molecule has 4 heteroatoms. The van der Waals surface area contributed by atoms with Crippen molar-refractivity contribution in [2.75, 3.05) is 13.1 Å². The highest BCUT2D eigenvalue weighted by Crippen LogP contribution is 2.29. The lowest BCUT2D eigenvalue weighted by Crippen LogP contribution is -2.56. The largest absolute Gasteiger partial charge is 0.444 e. The number of amides is 1. The van der Waals surface area contributed by atoms with Gasteiger partial charge in [-0.3, -0.25) is 0 Å². The van der Waals surface area contributed by atoms with Crippen LogP contribution in [0, 0.1) is 11.8 Å². The molecule has 0 aromatic carbocycles. The minimum absolute atomic E-state index is 0.255. The van der Waals surface area contributed by atoms with Crippen LogP contribution in [0.15, 0.2) is 0 Å². The summed E-state index contributed by atoms with van der Waals surface area (Å²) < 4.78 is 5.41. The van der Waals surface area contributed by atoms with Crippen molar-refractivity contribution in [1.82, 2.24) is 10.6 Å². The van der Waals surface area contributed by atoms with E-state index in [9.17, 15) is 4.79 Å². The third-order valence-corrected chi connectivity index (χ3v) is 4.16. The number of piperidine rings is 1. The Hall–Kier alpha value is -0.770. The summed E-state index contributed by atoms with van der Waals surface area (Å²) >= 11 is 0. The second-order valence-electron chi connectivity index (χ2n) is 6.99. The first-order valence-electron chi connectivity index (χ1n) is 7.66. The van der Waals surface area contributed by atoms with Crippen LogP contribution in [0.2, 0.25) is 0 Å². The van der Waals surface area contributed by atoms with Crippen molar-refractivity contribution >= 4 is 6.09 Å². The molecule has 2 rings (SSSR count). The fraction of sp³-hybridized carbons (Fsp3) is 0.933. The molecule has 3 atom stereocenters. The zero-order valence-electron chi connectivity index (χ0n) is 12.5. The number of carbonyl (C=O) groups is 1. The molecule has 1 saturated carbocycles. The summed E-state index contributed by atoms with van der Waals surface area (Å²) in [4.78, 5) is 12.0. The fourth-order valence-corrected chi connectivity index (χ4v) is 3.33. The molecule has 19 heavy (non-hydrogen) atoms. The Bertz CT molecular complexity index is 298. The first-order valence-corrected chi connectivity index (χ1v) is 7.66. The average molecular weight is 268 g/mol. The maximum absolute atomic E-state index is 12.0. The van der Waals surface area contributed by atoms with E-state index in [1.165, 1.54) is 32.1 Å². The number of ether oxygens (including phenoxy) is 1. The van der Waals surface area contributed by atoms with Crippen molar-refractivity contribution in [2.24, 2.45) is 11.8 Å². The summed E-state index contributed by atoms with van der Waals surface area (Å²) in [6.45, 7) is 7.78. The maximum atomic E-state index is 12.0. The van der Waals surface area contributed by atoms with Gasteiger partial charge in [-0.1, -0.05) is 19.3 Å². The maximum Gasteiger partial charge on any atom is 0.407 e. The van der Waals surface area contributed by atoms with Gasteiger partial charge in [0, 0.05) is 6.04 Å². The average Bonchev–Trinajstić information content (AvgIpc) is 2.29. The minimum atomic E-state index is -0.418. The zero-order chi connectivity index (χ0) is 13.9. The smallest absolute Gasteiger partial charge is 0.407 e. The van der Waals surface area contributed by atoms with E-state index in [0.29, 0.717) is 11.8 Å². The second kappa shape index (κ2) is 6.12. The van der Waals surface area contributed by atoms with E-state index < -0.39 is 5.60 Å². The molecule has 1 aliphatic heterocycles. The van der Waals surface area contributed by atoms with Crippen molar-refractivity contribution < 1.29 is 9.53 Å². The summed E-state index contributed by atoms with van der Waals surface area (Å²) in [6.07, 6.45) is 6.08. The van der Waals surface area contributed by atoms with Gasteiger partial charge in [0.15, 0.2) is 0 Å². The van der Waals surface area contributed by atoms with Crippen molar-refractivity contribution in [2.45, 2.75) is 64.5 Å². The van der Waals surface area contributed by atoms with Crippen LogP contribution in [0.4, 0.5) is 4.79 Å². The Kier molecular flexibility index (Phi) is 4.71. The Morgan fingerprint density at radius 1 is 1.11 bits per heavy atom. The quantitative estimate of drug-likeness (QED) is 0.768. The van der Waals surface area contributed by atoms with Gasteiger partial charge in [0.05, 0.1) is 0 Å². The van der Waals surface area contributed by atoms with Crippen LogP contribution >= 0.6 is 0 Å². The van der Waals surface area contributed by atoms with E-state index in [1.807, 2.05) is 20.8 Å². The third-order valence-electron chi connectivity index (χ3n) is 4.16. The highest BCUT2D eigenvalue weighted by molar-refractivity contribution is 5.68. The molecule has 0 aromatic heterocycles. The van der Waals surface area contributed by atoms with Gasteiger partial charge in [0.1, 0.15) is 5.60 Å². The molecule has 1 saturated heterocycles. The Morgan fingerprint density at radius 3 is 2.21 bits per heavy atom. The molecule has 1 heterocycles. The molecule has 1 amide bonds. The summed E-state index contributed by atoms with van der Waals surface area (Å²) in [5, 5.41) is 6.66. The Morgan fingerprint density at radius 2 is 1.68 bits per heavy atom. The van der Waals surface area contributed by atoms with Gasteiger partial charge in [-0.2, -0.15) is 0 Å². The van der Waals surface area contributed by atoms with Gasteiger partial charge in [-0.05, 0) is 58.5 Å².